The van der Waals surface area contributed by atoms with E-state index in [1.165, 1.54) is 16.7 Å². The van der Waals surface area contributed by atoms with Crippen LogP contribution in [0, 0.1) is 13.8 Å². The Morgan fingerprint density at radius 2 is 1.89 bits per heavy atom. The molecule has 1 aromatic carbocycles. The Labute approximate surface area is 115 Å². The molecule has 0 aliphatic heterocycles. The molecule has 2 aromatic rings. The molecule has 0 radical (unpaired) electrons. The Morgan fingerprint density at radius 3 is 2.53 bits per heavy atom. The molecule has 1 aromatic heterocycles. The van der Waals surface area contributed by atoms with Gasteiger partial charge in [-0.2, -0.15) is 0 Å². The second-order valence-electron chi connectivity index (χ2n) is 5.01. The fourth-order valence-electron chi connectivity index (χ4n) is 2.38. The molecule has 0 aliphatic rings. The van der Waals surface area contributed by atoms with Crippen molar-refractivity contribution in [2.45, 2.75) is 40.2 Å². The van der Waals surface area contributed by atoms with Crippen LogP contribution >= 0.6 is 0 Å². The lowest BCUT2D eigenvalue weighted by Gasteiger charge is -2.19. The van der Waals surface area contributed by atoms with Gasteiger partial charge < -0.3 is 9.73 Å². The van der Waals surface area contributed by atoms with Gasteiger partial charge in [0.15, 0.2) is 0 Å². The lowest BCUT2D eigenvalue weighted by molar-refractivity contribution is 0.425. The molecule has 0 spiro atoms. The maximum Gasteiger partial charge on any atom is 0.125 e. The Morgan fingerprint density at radius 1 is 1.11 bits per heavy atom. The molecule has 0 aliphatic carbocycles. The zero-order valence-electron chi connectivity index (χ0n) is 12.3. The van der Waals surface area contributed by atoms with Crippen molar-refractivity contribution >= 4 is 0 Å². The molecule has 1 unspecified atom stereocenters. The van der Waals surface area contributed by atoms with Crippen molar-refractivity contribution in [3.05, 3.63) is 58.5 Å². The van der Waals surface area contributed by atoms with Crippen LogP contribution in [-0.2, 0) is 6.42 Å². The van der Waals surface area contributed by atoms with Crippen LogP contribution in [0.2, 0.25) is 0 Å². The summed E-state index contributed by atoms with van der Waals surface area (Å²) in [6.45, 7) is 9.44. The van der Waals surface area contributed by atoms with Crippen molar-refractivity contribution in [2.75, 3.05) is 6.54 Å². The van der Waals surface area contributed by atoms with Gasteiger partial charge in [0, 0.05) is 6.42 Å². The second-order valence-corrected chi connectivity index (χ2v) is 5.01. The van der Waals surface area contributed by atoms with Crippen LogP contribution in [0.3, 0.4) is 0 Å². The Kier molecular flexibility index (Phi) is 4.43. The Hall–Kier alpha value is -1.54. The van der Waals surface area contributed by atoms with Crippen LogP contribution in [0.15, 0.2) is 34.7 Å². The first-order valence-corrected chi connectivity index (χ1v) is 7.04. The van der Waals surface area contributed by atoms with Crippen molar-refractivity contribution in [1.29, 1.82) is 0 Å². The third-order valence-corrected chi connectivity index (χ3v) is 3.47. The molecule has 0 amide bonds. The highest BCUT2D eigenvalue weighted by Gasteiger charge is 2.18. The highest BCUT2D eigenvalue weighted by atomic mass is 16.3. The minimum Gasteiger partial charge on any atom is -0.464 e. The van der Waals surface area contributed by atoms with Crippen LogP contribution in [0.5, 0.6) is 0 Å². The third kappa shape index (κ3) is 3.07. The number of nitrogens with one attached hydrogen (secondary N) is 1. The average Bonchev–Trinajstić information content (AvgIpc) is 2.88. The van der Waals surface area contributed by atoms with Gasteiger partial charge in [0.05, 0.1) is 6.04 Å². The van der Waals surface area contributed by atoms with E-state index in [1.54, 1.807) is 0 Å². The minimum absolute atomic E-state index is 0.144. The summed E-state index contributed by atoms with van der Waals surface area (Å²) in [6.07, 6.45) is 0.936. The molecule has 19 heavy (non-hydrogen) atoms. The lowest BCUT2D eigenvalue weighted by Crippen LogP contribution is -2.22. The van der Waals surface area contributed by atoms with E-state index in [9.17, 15) is 0 Å². The van der Waals surface area contributed by atoms with Gasteiger partial charge in [0.2, 0.25) is 0 Å². The monoisotopic (exact) mass is 257 g/mol. The highest BCUT2D eigenvalue weighted by Crippen LogP contribution is 2.27. The zero-order valence-corrected chi connectivity index (χ0v) is 12.3. The molecule has 102 valence electrons. The second kappa shape index (κ2) is 6.07. The molecular weight excluding hydrogens is 234 g/mol. The first-order chi connectivity index (χ1) is 9.15. The number of benzene rings is 1. The van der Waals surface area contributed by atoms with Crippen LogP contribution in [0.25, 0.3) is 0 Å². The molecule has 2 rings (SSSR count). The summed E-state index contributed by atoms with van der Waals surface area (Å²) >= 11 is 0. The number of furan rings is 1. The van der Waals surface area contributed by atoms with E-state index in [1.807, 2.05) is 0 Å². The van der Waals surface area contributed by atoms with E-state index in [0.29, 0.717) is 0 Å². The predicted octanol–water partition coefficient (Wildman–Crippen LogP) is 4.16. The number of hydrogen-bond acceptors (Lipinski definition) is 2. The molecule has 0 fully saturated rings. The lowest BCUT2D eigenvalue weighted by atomic mass is 9.97. The zero-order chi connectivity index (χ0) is 13.8. The highest BCUT2D eigenvalue weighted by molar-refractivity contribution is 5.37. The molecule has 2 heteroatoms. The van der Waals surface area contributed by atoms with Gasteiger partial charge in [-0.05, 0) is 43.7 Å². The van der Waals surface area contributed by atoms with Gasteiger partial charge in [0.1, 0.15) is 11.5 Å². The fraction of sp³-hybridized carbons (Fsp3) is 0.412. The molecule has 1 atom stereocenters. The van der Waals surface area contributed by atoms with Crippen LogP contribution in [0.4, 0.5) is 0 Å². The van der Waals surface area contributed by atoms with Crippen molar-refractivity contribution in [3.63, 3.8) is 0 Å². The smallest absolute Gasteiger partial charge is 0.125 e. The fourth-order valence-corrected chi connectivity index (χ4v) is 2.38. The standard InChI is InChI=1S/C17H23NO/c1-5-14-9-10-16(19-14)17(18-6-2)15-11-12(3)7-8-13(15)4/h7-11,17-18H,5-6H2,1-4H3. The summed E-state index contributed by atoms with van der Waals surface area (Å²) in [5, 5.41) is 3.53. The maximum atomic E-state index is 5.93. The molecule has 0 saturated carbocycles. The topological polar surface area (TPSA) is 25.2 Å². The summed E-state index contributed by atoms with van der Waals surface area (Å²) in [4.78, 5) is 0. The molecule has 1 heterocycles. The quantitative estimate of drug-likeness (QED) is 0.870. The molecular formula is C17H23NO. The molecule has 2 nitrogen and oxygen atoms in total. The van der Waals surface area contributed by atoms with E-state index in [4.69, 9.17) is 4.42 Å². The van der Waals surface area contributed by atoms with Gasteiger partial charge in [-0.15, -0.1) is 0 Å². The Balaban J connectivity index is 2.41. The van der Waals surface area contributed by atoms with Crippen molar-refractivity contribution in [1.82, 2.24) is 5.32 Å². The van der Waals surface area contributed by atoms with E-state index in [-0.39, 0.29) is 6.04 Å². The summed E-state index contributed by atoms with van der Waals surface area (Å²) in [5.41, 5.74) is 3.88. The van der Waals surface area contributed by atoms with Gasteiger partial charge in [0.25, 0.3) is 0 Å². The van der Waals surface area contributed by atoms with E-state index in [2.05, 4.69) is 63.3 Å². The van der Waals surface area contributed by atoms with Crippen LogP contribution in [-0.4, -0.2) is 6.54 Å². The SMILES string of the molecule is CCNC(c1ccc(CC)o1)c1cc(C)ccc1C. The van der Waals surface area contributed by atoms with E-state index < -0.39 is 0 Å². The third-order valence-electron chi connectivity index (χ3n) is 3.47. The van der Waals surface area contributed by atoms with Crippen LogP contribution in [0.1, 0.15) is 48.1 Å². The van der Waals surface area contributed by atoms with Crippen LogP contribution < -0.4 is 5.32 Å². The van der Waals surface area contributed by atoms with Gasteiger partial charge in [-0.1, -0.05) is 37.6 Å². The summed E-state index contributed by atoms with van der Waals surface area (Å²) in [7, 11) is 0. The summed E-state index contributed by atoms with van der Waals surface area (Å²) < 4.78 is 5.93. The first-order valence-electron chi connectivity index (χ1n) is 7.04. The predicted molar refractivity (Wildman–Crippen MR) is 79.5 cm³/mol. The average molecular weight is 257 g/mol. The molecule has 1 N–H and O–H groups in total. The number of aryl methyl sites for hydroxylation is 3. The Bertz CT molecular complexity index is 542. The maximum absolute atomic E-state index is 5.93. The van der Waals surface area contributed by atoms with E-state index in [0.717, 1.165) is 24.5 Å². The summed E-state index contributed by atoms with van der Waals surface area (Å²) in [6, 6.07) is 10.9. The van der Waals surface area contributed by atoms with Gasteiger partial charge in [-0.3, -0.25) is 0 Å². The number of hydrogen-bond donors (Lipinski definition) is 1. The minimum atomic E-state index is 0.144. The van der Waals surface area contributed by atoms with Crippen molar-refractivity contribution < 1.29 is 4.42 Å². The van der Waals surface area contributed by atoms with Crippen molar-refractivity contribution in [3.8, 4) is 0 Å². The molecule has 0 bridgehead atoms. The first kappa shape index (κ1) is 13.9. The van der Waals surface area contributed by atoms with Crippen molar-refractivity contribution in [2.24, 2.45) is 0 Å². The van der Waals surface area contributed by atoms with E-state index >= 15 is 0 Å². The molecule has 0 saturated heterocycles. The summed E-state index contributed by atoms with van der Waals surface area (Å²) in [5.74, 6) is 2.05. The number of rotatable bonds is 5. The van der Waals surface area contributed by atoms with Gasteiger partial charge in [-0.25, -0.2) is 0 Å². The van der Waals surface area contributed by atoms with Gasteiger partial charge >= 0.3 is 0 Å². The largest absolute Gasteiger partial charge is 0.464 e. The normalized spacial score (nSPS) is 12.6.